The Hall–Kier alpha value is -2.43. The summed E-state index contributed by atoms with van der Waals surface area (Å²) in [6.45, 7) is 0. The Bertz CT molecular complexity index is 539. The lowest BCUT2D eigenvalue weighted by Gasteiger charge is -2.07. The molecular formula is C12H12N4O. The molecule has 2 aromatic heterocycles. The van der Waals surface area contributed by atoms with Crippen molar-refractivity contribution in [1.29, 1.82) is 0 Å². The van der Waals surface area contributed by atoms with Crippen molar-refractivity contribution >= 4 is 11.6 Å². The monoisotopic (exact) mass is 228 g/mol. The van der Waals surface area contributed by atoms with E-state index in [1.165, 1.54) is 12.3 Å². The van der Waals surface area contributed by atoms with Crippen molar-refractivity contribution in [3.63, 3.8) is 0 Å². The number of nitrogens with two attached hydrogens (primary N) is 2. The molecule has 0 spiro atoms. The van der Waals surface area contributed by atoms with Crippen LogP contribution in [-0.2, 0) is 6.42 Å². The molecule has 4 N–H and O–H groups in total. The average molecular weight is 228 g/mol. The predicted molar refractivity (Wildman–Crippen MR) is 64.2 cm³/mol. The third-order valence-corrected chi connectivity index (χ3v) is 2.46. The number of carbonyl (C=O) groups excluding carboxylic acids is 1. The SMILES string of the molecule is NC(=O)c1ccnc(Cc2ccncc2)c1N. The maximum Gasteiger partial charge on any atom is 0.250 e. The summed E-state index contributed by atoms with van der Waals surface area (Å²) in [5.41, 5.74) is 13.4. The van der Waals surface area contributed by atoms with E-state index >= 15 is 0 Å². The second kappa shape index (κ2) is 4.61. The van der Waals surface area contributed by atoms with Crippen LogP contribution in [0.3, 0.4) is 0 Å². The summed E-state index contributed by atoms with van der Waals surface area (Å²) in [5.74, 6) is -0.541. The number of nitrogen functional groups attached to an aromatic ring is 1. The molecule has 0 saturated heterocycles. The van der Waals surface area contributed by atoms with Gasteiger partial charge in [-0.15, -0.1) is 0 Å². The number of hydrogen-bond donors (Lipinski definition) is 2. The standard InChI is InChI=1S/C12H12N4O/c13-11-9(12(14)17)3-6-16-10(11)7-8-1-4-15-5-2-8/h1-6H,7,13H2,(H2,14,17). The van der Waals surface area contributed by atoms with E-state index in [1.807, 2.05) is 12.1 Å². The Morgan fingerprint density at radius 2 is 1.88 bits per heavy atom. The van der Waals surface area contributed by atoms with Crippen LogP contribution >= 0.6 is 0 Å². The van der Waals surface area contributed by atoms with Gasteiger partial charge in [0.2, 0.25) is 0 Å². The van der Waals surface area contributed by atoms with Gasteiger partial charge >= 0.3 is 0 Å². The molecule has 5 heteroatoms. The molecule has 2 heterocycles. The van der Waals surface area contributed by atoms with Gasteiger partial charge in [0.1, 0.15) is 0 Å². The number of hydrogen-bond acceptors (Lipinski definition) is 4. The first-order valence-corrected chi connectivity index (χ1v) is 5.10. The zero-order chi connectivity index (χ0) is 12.3. The van der Waals surface area contributed by atoms with Crippen molar-refractivity contribution in [2.24, 2.45) is 5.73 Å². The first kappa shape index (κ1) is 11.1. The van der Waals surface area contributed by atoms with E-state index in [0.717, 1.165) is 5.56 Å². The highest BCUT2D eigenvalue weighted by Crippen LogP contribution is 2.17. The number of nitrogens with zero attached hydrogens (tertiary/aromatic N) is 2. The van der Waals surface area contributed by atoms with Crippen LogP contribution < -0.4 is 11.5 Å². The van der Waals surface area contributed by atoms with E-state index in [-0.39, 0.29) is 0 Å². The summed E-state index contributed by atoms with van der Waals surface area (Å²) >= 11 is 0. The molecule has 2 aromatic rings. The Balaban J connectivity index is 2.34. The highest BCUT2D eigenvalue weighted by molar-refractivity contribution is 5.98. The van der Waals surface area contributed by atoms with E-state index in [4.69, 9.17) is 11.5 Å². The summed E-state index contributed by atoms with van der Waals surface area (Å²) in [6.07, 6.45) is 5.48. The second-order valence-corrected chi connectivity index (χ2v) is 3.62. The Labute approximate surface area is 98.5 Å². The zero-order valence-corrected chi connectivity index (χ0v) is 9.13. The van der Waals surface area contributed by atoms with E-state index in [9.17, 15) is 4.79 Å². The Kier molecular flexibility index (Phi) is 3.00. The maximum atomic E-state index is 11.1. The molecule has 0 aliphatic rings. The molecule has 2 rings (SSSR count). The van der Waals surface area contributed by atoms with Crippen LogP contribution in [0.5, 0.6) is 0 Å². The Morgan fingerprint density at radius 1 is 1.18 bits per heavy atom. The zero-order valence-electron chi connectivity index (χ0n) is 9.13. The van der Waals surface area contributed by atoms with Gasteiger partial charge in [0.25, 0.3) is 5.91 Å². The highest BCUT2D eigenvalue weighted by atomic mass is 16.1. The topological polar surface area (TPSA) is 94.9 Å². The van der Waals surface area contributed by atoms with Crippen molar-refractivity contribution in [2.45, 2.75) is 6.42 Å². The first-order chi connectivity index (χ1) is 8.18. The maximum absolute atomic E-state index is 11.1. The summed E-state index contributed by atoms with van der Waals surface area (Å²) in [5, 5.41) is 0. The number of anilines is 1. The molecule has 0 aliphatic carbocycles. The fraction of sp³-hybridized carbons (Fsp3) is 0.0833. The van der Waals surface area contributed by atoms with E-state index < -0.39 is 5.91 Å². The molecule has 86 valence electrons. The summed E-state index contributed by atoms with van der Waals surface area (Å²) in [7, 11) is 0. The van der Waals surface area contributed by atoms with Gasteiger partial charge in [0, 0.05) is 25.0 Å². The lowest BCUT2D eigenvalue weighted by Crippen LogP contribution is -2.15. The summed E-state index contributed by atoms with van der Waals surface area (Å²) < 4.78 is 0. The van der Waals surface area contributed by atoms with Crippen LogP contribution in [0, 0.1) is 0 Å². The number of amides is 1. The first-order valence-electron chi connectivity index (χ1n) is 5.10. The van der Waals surface area contributed by atoms with Gasteiger partial charge in [-0.3, -0.25) is 14.8 Å². The van der Waals surface area contributed by atoms with Gasteiger partial charge in [0.05, 0.1) is 16.9 Å². The largest absolute Gasteiger partial charge is 0.397 e. The number of aromatic nitrogens is 2. The second-order valence-electron chi connectivity index (χ2n) is 3.62. The van der Waals surface area contributed by atoms with Crippen LogP contribution in [0.1, 0.15) is 21.6 Å². The molecule has 0 bridgehead atoms. The van der Waals surface area contributed by atoms with E-state index in [0.29, 0.717) is 23.4 Å². The minimum absolute atomic E-state index is 0.309. The molecule has 0 aliphatic heterocycles. The minimum Gasteiger partial charge on any atom is -0.397 e. The molecule has 0 radical (unpaired) electrons. The molecular weight excluding hydrogens is 216 g/mol. The Morgan fingerprint density at radius 3 is 2.53 bits per heavy atom. The third-order valence-electron chi connectivity index (χ3n) is 2.46. The van der Waals surface area contributed by atoms with Crippen LogP contribution in [-0.4, -0.2) is 15.9 Å². The van der Waals surface area contributed by atoms with Gasteiger partial charge in [-0.05, 0) is 23.8 Å². The molecule has 1 amide bonds. The summed E-state index contributed by atoms with van der Waals surface area (Å²) in [6, 6.07) is 5.27. The molecule has 0 atom stereocenters. The van der Waals surface area contributed by atoms with Crippen molar-refractivity contribution in [1.82, 2.24) is 9.97 Å². The number of primary amides is 1. The minimum atomic E-state index is -0.541. The highest BCUT2D eigenvalue weighted by Gasteiger charge is 2.10. The fourth-order valence-corrected chi connectivity index (χ4v) is 1.57. The number of pyridine rings is 2. The quantitative estimate of drug-likeness (QED) is 0.810. The normalized spacial score (nSPS) is 10.1. The average Bonchev–Trinajstić information content (AvgIpc) is 2.33. The smallest absolute Gasteiger partial charge is 0.250 e. The summed E-state index contributed by atoms with van der Waals surface area (Å²) in [4.78, 5) is 19.2. The molecule has 0 unspecified atom stereocenters. The molecule has 0 aromatic carbocycles. The van der Waals surface area contributed by atoms with Crippen molar-refractivity contribution in [3.05, 3.63) is 53.6 Å². The van der Waals surface area contributed by atoms with Crippen molar-refractivity contribution in [2.75, 3.05) is 5.73 Å². The van der Waals surface area contributed by atoms with Gasteiger partial charge in [-0.2, -0.15) is 0 Å². The van der Waals surface area contributed by atoms with Gasteiger partial charge in [-0.25, -0.2) is 0 Å². The van der Waals surface area contributed by atoms with Crippen molar-refractivity contribution < 1.29 is 4.79 Å². The van der Waals surface area contributed by atoms with E-state index in [2.05, 4.69) is 9.97 Å². The van der Waals surface area contributed by atoms with Crippen LogP contribution in [0.4, 0.5) is 5.69 Å². The molecule has 0 fully saturated rings. The third kappa shape index (κ3) is 2.39. The lowest BCUT2D eigenvalue weighted by atomic mass is 10.1. The van der Waals surface area contributed by atoms with Crippen molar-refractivity contribution in [3.8, 4) is 0 Å². The molecule has 17 heavy (non-hydrogen) atoms. The van der Waals surface area contributed by atoms with Gasteiger partial charge in [0.15, 0.2) is 0 Å². The van der Waals surface area contributed by atoms with Crippen LogP contribution in [0.2, 0.25) is 0 Å². The van der Waals surface area contributed by atoms with Crippen LogP contribution in [0.15, 0.2) is 36.8 Å². The van der Waals surface area contributed by atoms with Gasteiger partial charge < -0.3 is 11.5 Å². The molecule has 5 nitrogen and oxygen atoms in total. The number of carbonyl (C=O) groups is 1. The number of rotatable bonds is 3. The lowest BCUT2D eigenvalue weighted by molar-refractivity contribution is 0.100. The fourth-order valence-electron chi connectivity index (χ4n) is 1.57. The van der Waals surface area contributed by atoms with Gasteiger partial charge in [-0.1, -0.05) is 0 Å². The predicted octanol–water partition coefficient (Wildman–Crippen LogP) is 0.748. The van der Waals surface area contributed by atoms with E-state index in [1.54, 1.807) is 12.4 Å². The molecule has 0 saturated carbocycles. The van der Waals surface area contributed by atoms with Crippen LogP contribution in [0.25, 0.3) is 0 Å².